The molecule has 7 nitrogen and oxygen atoms in total. The lowest BCUT2D eigenvalue weighted by Gasteiger charge is -2.19. The smallest absolute Gasteiger partial charge is 0.247 e. The molecule has 4 aromatic rings. The van der Waals surface area contributed by atoms with Gasteiger partial charge in [0.25, 0.3) is 0 Å². The molecule has 1 atom stereocenters. The second-order valence-corrected chi connectivity index (χ2v) is 11.7. The number of carbonyl (C=O) groups is 1. The number of hydrogen-bond donors (Lipinski definition) is 2. The van der Waals surface area contributed by atoms with Gasteiger partial charge in [-0.2, -0.15) is 0 Å². The highest BCUT2D eigenvalue weighted by Crippen LogP contribution is 2.55. The van der Waals surface area contributed by atoms with Crippen molar-refractivity contribution in [1.29, 1.82) is 0 Å². The standard InChI is InChI=1S/C29H28ClN3O4S/c1-17-14-24(31-25(34)16-20-4-6-21(7-5-20)19(3)38(35)36)15-18(2)26(17)29(12-13-29)28-33-32-27(37-28)22-8-10-23(30)11-9-22/h4-11,14-15,19,38H,12-13,16H2,1-3H3,(H,31,34). The van der Waals surface area contributed by atoms with Crippen LogP contribution in [0.2, 0.25) is 5.02 Å². The first-order valence-electron chi connectivity index (χ1n) is 12.4. The molecule has 9 heteroatoms. The topological polar surface area (TPSA) is 102 Å². The van der Waals surface area contributed by atoms with E-state index in [9.17, 15) is 13.2 Å². The average Bonchev–Trinajstić information content (AvgIpc) is 3.50. The molecule has 5 rings (SSSR count). The minimum atomic E-state index is -2.53. The van der Waals surface area contributed by atoms with Crippen LogP contribution >= 0.6 is 11.6 Å². The van der Waals surface area contributed by atoms with Crippen molar-refractivity contribution < 1.29 is 17.6 Å². The second-order valence-electron chi connectivity index (χ2n) is 9.91. The maximum Gasteiger partial charge on any atom is 0.247 e. The number of rotatable bonds is 8. The largest absolute Gasteiger partial charge is 0.420 e. The molecule has 1 N–H and O–H groups in total. The SMILES string of the molecule is Cc1cc(NC(=O)Cc2ccc(C(C)[SH](=O)=O)cc2)cc(C)c1C1(c2nnc(-c3ccc(Cl)cc3)o2)CC1. The molecule has 1 saturated carbocycles. The number of amides is 1. The van der Waals surface area contributed by atoms with E-state index in [1.165, 1.54) is 0 Å². The zero-order chi connectivity index (χ0) is 27.0. The van der Waals surface area contributed by atoms with Gasteiger partial charge in [-0.1, -0.05) is 35.9 Å². The van der Waals surface area contributed by atoms with Gasteiger partial charge in [0.05, 0.1) is 17.1 Å². The highest BCUT2D eigenvalue weighted by molar-refractivity contribution is 7.72. The van der Waals surface area contributed by atoms with Gasteiger partial charge in [0, 0.05) is 16.3 Å². The van der Waals surface area contributed by atoms with Crippen molar-refractivity contribution >= 4 is 33.9 Å². The molecule has 0 aliphatic heterocycles. The lowest BCUT2D eigenvalue weighted by Crippen LogP contribution is -2.17. The number of aromatic nitrogens is 2. The third kappa shape index (κ3) is 5.24. The summed E-state index contributed by atoms with van der Waals surface area (Å²) in [5.41, 5.74) is 6.01. The Morgan fingerprint density at radius 1 is 1.03 bits per heavy atom. The molecule has 1 aliphatic carbocycles. The Labute approximate surface area is 228 Å². The van der Waals surface area contributed by atoms with Crippen molar-refractivity contribution in [1.82, 2.24) is 10.2 Å². The third-order valence-electron chi connectivity index (χ3n) is 7.11. The maximum atomic E-state index is 12.8. The minimum absolute atomic E-state index is 0.141. The van der Waals surface area contributed by atoms with Gasteiger partial charge in [-0.25, -0.2) is 8.42 Å². The molecule has 1 aliphatic rings. The normalized spacial score (nSPS) is 14.9. The summed E-state index contributed by atoms with van der Waals surface area (Å²) in [6, 6.07) is 18.4. The van der Waals surface area contributed by atoms with Gasteiger partial charge in [-0.3, -0.25) is 4.79 Å². The van der Waals surface area contributed by atoms with Crippen LogP contribution in [-0.2, 0) is 27.3 Å². The molecular weight excluding hydrogens is 522 g/mol. The Morgan fingerprint density at radius 2 is 1.66 bits per heavy atom. The number of thiol groups is 1. The molecule has 196 valence electrons. The van der Waals surface area contributed by atoms with Gasteiger partial charge in [-0.15, -0.1) is 10.2 Å². The summed E-state index contributed by atoms with van der Waals surface area (Å²) in [4.78, 5) is 12.8. The molecule has 1 amide bonds. The molecule has 1 aromatic heterocycles. The van der Waals surface area contributed by atoms with Crippen LogP contribution in [0.4, 0.5) is 5.69 Å². The number of carbonyl (C=O) groups excluding carboxylic acids is 1. The summed E-state index contributed by atoms with van der Waals surface area (Å²) in [5, 5.41) is 11.8. The number of aryl methyl sites for hydroxylation is 2. The molecule has 0 bridgehead atoms. The highest BCUT2D eigenvalue weighted by Gasteiger charge is 2.52. The fourth-order valence-corrected chi connectivity index (χ4v) is 5.58. The summed E-state index contributed by atoms with van der Waals surface area (Å²) in [6.45, 7) is 5.72. The van der Waals surface area contributed by atoms with E-state index >= 15 is 0 Å². The first-order valence-corrected chi connectivity index (χ1v) is 14.0. The van der Waals surface area contributed by atoms with Gasteiger partial charge in [-0.05, 0) is 97.8 Å². The van der Waals surface area contributed by atoms with E-state index < -0.39 is 16.0 Å². The molecule has 1 unspecified atom stereocenters. The Bertz CT molecular complexity index is 1540. The van der Waals surface area contributed by atoms with E-state index in [1.54, 1.807) is 43.3 Å². The van der Waals surface area contributed by atoms with Crippen molar-refractivity contribution in [2.45, 2.75) is 50.7 Å². The average molecular weight is 550 g/mol. The quantitative estimate of drug-likeness (QED) is 0.264. The summed E-state index contributed by atoms with van der Waals surface area (Å²) in [6.07, 6.45) is 2.02. The number of halogens is 1. The van der Waals surface area contributed by atoms with Gasteiger partial charge < -0.3 is 9.73 Å². The van der Waals surface area contributed by atoms with Crippen LogP contribution in [0.5, 0.6) is 0 Å². The lowest BCUT2D eigenvalue weighted by atomic mass is 9.87. The van der Waals surface area contributed by atoms with Crippen LogP contribution < -0.4 is 5.32 Å². The van der Waals surface area contributed by atoms with Crippen LogP contribution in [0, 0.1) is 13.8 Å². The first kappa shape index (κ1) is 26.1. The van der Waals surface area contributed by atoms with E-state index in [0.717, 1.165) is 46.3 Å². The summed E-state index contributed by atoms with van der Waals surface area (Å²) in [7, 11) is -2.53. The molecular formula is C29H28ClN3O4S. The van der Waals surface area contributed by atoms with Crippen molar-refractivity contribution in [2.75, 3.05) is 5.32 Å². The Morgan fingerprint density at radius 3 is 2.24 bits per heavy atom. The van der Waals surface area contributed by atoms with Gasteiger partial charge in [0.2, 0.25) is 17.7 Å². The summed E-state index contributed by atoms with van der Waals surface area (Å²) < 4.78 is 28.6. The zero-order valence-electron chi connectivity index (χ0n) is 21.3. The van der Waals surface area contributed by atoms with Gasteiger partial charge >= 0.3 is 0 Å². The second kappa shape index (κ2) is 10.3. The first-order chi connectivity index (χ1) is 18.2. The van der Waals surface area contributed by atoms with Crippen LogP contribution in [0.15, 0.2) is 65.1 Å². The van der Waals surface area contributed by atoms with Crippen LogP contribution in [0.25, 0.3) is 11.5 Å². The van der Waals surface area contributed by atoms with Crippen molar-refractivity contribution in [3.8, 4) is 11.5 Å². The van der Waals surface area contributed by atoms with Gasteiger partial charge in [0.1, 0.15) is 10.7 Å². The number of nitrogens with zero attached hydrogens (tertiary/aromatic N) is 2. The van der Waals surface area contributed by atoms with Crippen molar-refractivity contribution in [2.24, 2.45) is 0 Å². The Balaban J connectivity index is 1.31. The summed E-state index contributed by atoms with van der Waals surface area (Å²) in [5.74, 6) is 0.925. The monoisotopic (exact) mass is 549 g/mol. The number of benzene rings is 3. The molecule has 38 heavy (non-hydrogen) atoms. The van der Waals surface area contributed by atoms with Crippen LogP contribution in [0.1, 0.15) is 58.7 Å². The maximum absolute atomic E-state index is 12.8. The van der Waals surface area contributed by atoms with Crippen LogP contribution in [-0.4, -0.2) is 24.5 Å². The predicted octanol–water partition coefficient (Wildman–Crippen LogP) is 5.94. The Hall–Kier alpha value is -3.49. The molecule has 3 aromatic carbocycles. The van der Waals surface area contributed by atoms with E-state index in [4.69, 9.17) is 16.0 Å². The molecule has 0 radical (unpaired) electrons. The highest BCUT2D eigenvalue weighted by atomic mass is 35.5. The van der Waals surface area contributed by atoms with E-state index in [0.29, 0.717) is 22.4 Å². The number of nitrogens with one attached hydrogen (secondary N) is 1. The summed E-state index contributed by atoms with van der Waals surface area (Å²) >= 11 is 6.00. The lowest BCUT2D eigenvalue weighted by molar-refractivity contribution is -0.115. The third-order valence-corrected chi connectivity index (χ3v) is 8.30. The van der Waals surface area contributed by atoms with E-state index in [-0.39, 0.29) is 17.7 Å². The van der Waals surface area contributed by atoms with Crippen molar-refractivity contribution in [3.63, 3.8) is 0 Å². The van der Waals surface area contributed by atoms with E-state index in [2.05, 4.69) is 15.5 Å². The minimum Gasteiger partial charge on any atom is -0.420 e. The van der Waals surface area contributed by atoms with Crippen molar-refractivity contribution in [3.05, 3.63) is 99.4 Å². The number of anilines is 1. The molecule has 0 spiro atoms. The zero-order valence-corrected chi connectivity index (χ0v) is 23.0. The van der Waals surface area contributed by atoms with E-state index in [1.807, 2.05) is 38.1 Å². The number of hydrogen-bond acceptors (Lipinski definition) is 6. The molecule has 1 heterocycles. The molecule has 1 fully saturated rings. The molecule has 0 saturated heterocycles. The fraction of sp³-hybridized carbons (Fsp3) is 0.276. The fourth-order valence-electron chi connectivity index (χ4n) is 5.04. The van der Waals surface area contributed by atoms with Gasteiger partial charge in [0.15, 0.2) is 0 Å². The Kier molecular flexibility index (Phi) is 7.11. The predicted molar refractivity (Wildman–Crippen MR) is 148 cm³/mol. The van der Waals surface area contributed by atoms with Crippen LogP contribution in [0.3, 0.4) is 0 Å².